The van der Waals surface area contributed by atoms with E-state index < -0.39 is 0 Å². The second kappa shape index (κ2) is 6.90. The fourth-order valence-corrected chi connectivity index (χ4v) is 1.54. The molecule has 0 atom stereocenters. The zero-order chi connectivity index (χ0) is 12.7. The first-order valence-electron chi connectivity index (χ1n) is 6.24. The molecule has 90 valence electrons. The minimum Gasteiger partial charge on any atom is -0.0847 e. The lowest BCUT2D eigenvalue weighted by Gasteiger charge is -2.05. The van der Waals surface area contributed by atoms with Gasteiger partial charge in [0, 0.05) is 0 Å². The maximum atomic E-state index is 2.28. The highest BCUT2D eigenvalue weighted by Crippen LogP contribution is 2.20. The molecule has 0 amide bonds. The van der Waals surface area contributed by atoms with Crippen LogP contribution in [0.4, 0.5) is 0 Å². The van der Waals surface area contributed by atoms with Gasteiger partial charge >= 0.3 is 0 Å². The van der Waals surface area contributed by atoms with Gasteiger partial charge in [0.1, 0.15) is 0 Å². The van der Waals surface area contributed by atoms with Crippen LogP contribution in [0.5, 0.6) is 0 Å². The van der Waals surface area contributed by atoms with Crippen molar-refractivity contribution >= 4 is 5.57 Å². The van der Waals surface area contributed by atoms with E-state index in [4.69, 9.17) is 0 Å². The zero-order valence-corrected chi connectivity index (χ0v) is 11.3. The van der Waals surface area contributed by atoms with E-state index in [9.17, 15) is 0 Å². The lowest BCUT2D eigenvalue weighted by Crippen LogP contribution is -1.84. The Kier molecular flexibility index (Phi) is 5.48. The van der Waals surface area contributed by atoms with Crippen molar-refractivity contribution in [1.29, 1.82) is 0 Å². The van der Waals surface area contributed by atoms with Crippen LogP contribution in [0.1, 0.15) is 39.7 Å². The van der Waals surface area contributed by atoms with Crippen LogP contribution < -0.4 is 0 Å². The Labute approximate surface area is 105 Å². The second-order valence-corrected chi connectivity index (χ2v) is 4.34. The molecule has 0 saturated heterocycles. The van der Waals surface area contributed by atoms with Crippen LogP contribution >= 0.6 is 0 Å². The summed E-state index contributed by atoms with van der Waals surface area (Å²) in [6, 6.07) is 10.6. The number of hydrogen-bond donors (Lipinski definition) is 0. The molecule has 0 spiro atoms. The molecule has 0 aliphatic heterocycles. The molecule has 0 heterocycles. The standard InChI is InChI=1S/C17H22/c1-5-14(3)12-17(13-15(4)6-2)16-10-8-7-9-11-16/h5,7-13H,6H2,1-4H3. The van der Waals surface area contributed by atoms with Gasteiger partial charge in [0.05, 0.1) is 0 Å². The van der Waals surface area contributed by atoms with Crippen molar-refractivity contribution in [3.05, 3.63) is 65.3 Å². The summed E-state index contributed by atoms with van der Waals surface area (Å²) in [6.45, 7) is 8.58. The van der Waals surface area contributed by atoms with Gasteiger partial charge in [-0.1, -0.05) is 66.6 Å². The van der Waals surface area contributed by atoms with Gasteiger partial charge in [-0.3, -0.25) is 0 Å². The molecule has 0 nitrogen and oxygen atoms in total. The van der Waals surface area contributed by atoms with Crippen molar-refractivity contribution in [3.8, 4) is 0 Å². The Balaban J connectivity index is 3.17. The molecule has 0 heteroatoms. The first-order valence-corrected chi connectivity index (χ1v) is 6.24. The lowest BCUT2D eigenvalue weighted by molar-refractivity contribution is 1.10. The van der Waals surface area contributed by atoms with Gasteiger partial charge in [0.25, 0.3) is 0 Å². The van der Waals surface area contributed by atoms with Gasteiger partial charge in [-0.2, -0.15) is 0 Å². The van der Waals surface area contributed by atoms with E-state index in [1.807, 2.05) is 0 Å². The van der Waals surface area contributed by atoms with Crippen LogP contribution in [0.3, 0.4) is 0 Å². The lowest BCUT2D eigenvalue weighted by atomic mass is 10.0. The van der Waals surface area contributed by atoms with Crippen LogP contribution in [0.25, 0.3) is 5.57 Å². The normalized spacial score (nSPS) is 14.0. The molecule has 0 aliphatic rings. The van der Waals surface area contributed by atoms with Crippen molar-refractivity contribution in [1.82, 2.24) is 0 Å². The van der Waals surface area contributed by atoms with Crippen molar-refractivity contribution in [2.75, 3.05) is 0 Å². The average molecular weight is 226 g/mol. The average Bonchev–Trinajstić information content (AvgIpc) is 2.38. The molecular formula is C17H22. The third-order valence-corrected chi connectivity index (χ3v) is 2.91. The number of hydrogen-bond acceptors (Lipinski definition) is 0. The first kappa shape index (κ1) is 13.5. The maximum Gasteiger partial charge on any atom is -0.0182 e. The summed E-state index contributed by atoms with van der Waals surface area (Å²) < 4.78 is 0. The molecule has 17 heavy (non-hydrogen) atoms. The second-order valence-electron chi connectivity index (χ2n) is 4.34. The molecule has 1 rings (SSSR count). The summed E-state index contributed by atoms with van der Waals surface area (Å²) in [4.78, 5) is 0. The van der Waals surface area contributed by atoms with E-state index in [1.54, 1.807) is 0 Å². The molecular weight excluding hydrogens is 204 g/mol. The Morgan fingerprint density at radius 2 is 1.71 bits per heavy atom. The van der Waals surface area contributed by atoms with E-state index in [0.29, 0.717) is 0 Å². The van der Waals surface area contributed by atoms with Crippen molar-refractivity contribution < 1.29 is 0 Å². The van der Waals surface area contributed by atoms with Gasteiger partial charge in [0.15, 0.2) is 0 Å². The summed E-state index contributed by atoms with van der Waals surface area (Å²) in [5.74, 6) is 0. The molecule has 0 aliphatic carbocycles. The van der Waals surface area contributed by atoms with Crippen LogP contribution in [-0.2, 0) is 0 Å². The van der Waals surface area contributed by atoms with Crippen molar-refractivity contribution in [2.24, 2.45) is 0 Å². The van der Waals surface area contributed by atoms with E-state index in [-0.39, 0.29) is 0 Å². The zero-order valence-electron chi connectivity index (χ0n) is 11.3. The minimum absolute atomic E-state index is 1.10. The van der Waals surface area contributed by atoms with Gasteiger partial charge in [-0.25, -0.2) is 0 Å². The monoisotopic (exact) mass is 226 g/mol. The molecule has 0 bridgehead atoms. The highest BCUT2D eigenvalue weighted by atomic mass is 14.0. The first-order chi connectivity index (χ1) is 8.17. The van der Waals surface area contributed by atoms with Crippen LogP contribution in [0.2, 0.25) is 0 Å². The minimum atomic E-state index is 1.10. The van der Waals surface area contributed by atoms with E-state index >= 15 is 0 Å². The van der Waals surface area contributed by atoms with Gasteiger partial charge in [0.2, 0.25) is 0 Å². The number of allylic oxidation sites excluding steroid dienone is 6. The van der Waals surface area contributed by atoms with E-state index in [1.165, 1.54) is 22.3 Å². The predicted octanol–water partition coefficient (Wildman–Crippen LogP) is 5.39. The molecule has 0 unspecified atom stereocenters. The molecule has 1 aromatic carbocycles. The summed E-state index contributed by atoms with van der Waals surface area (Å²) in [6.07, 6.45) is 7.76. The number of benzene rings is 1. The molecule has 0 fully saturated rings. The predicted molar refractivity (Wildman–Crippen MR) is 77.9 cm³/mol. The van der Waals surface area contributed by atoms with Crippen LogP contribution in [-0.4, -0.2) is 0 Å². The summed E-state index contributed by atoms with van der Waals surface area (Å²) in [7, 11) is 0. The largest absolute Gasteiger partial charge is 0.0847 e. The third kappa shape index (κ3) is 4.44. The Morgan fingerprint density at radius 3 is 2.24 bits per heavy atom. The van der Waals surface area contributed by atoms with Gasteiger partial charge in [-0.15, -0.1) is 0 Å². The van der Waals surface area contributed by atoms with Gasteiger partial charge in [-0.05, 0) is 38.3 Å². The molecule has 0 radical (unpaired) electrons. The Hall–Kier alpha value is -1.56. The highest BCUT2D eigenvalue weighted by molar-refractivity contribution is 5.76. The maximum absolute atomic E-state index is 2.28. The topological polar surface area (TPSA) is 0 Å². The van der Waals surface area contributed by atoms with E-state index in [0.717, 1.165) is 6.42 Å². The molecule has 0 N–H and O–H groups in total. The summed E-state index contributed by atoms with van der Waals surface area (Å²) in [5, 5.41) is 0. The highest BCUT2D eigenvalue weighted by Gasteiger charge is 1.98. The fraction of sp³-hybridized carbons (Fsp3) is 0.294. The quantitative estimate of drug-likeness (QED) is 0.604. The summed E-state index contributed by atoms with van der Waals surface area (Å²) in [5.41, 5.74) is 5.27. The summed E-state index contributed by atoms with van der Waals surface area (Å²) >= 11 is 0. The molecule has 0 aromatic heterocycles. The Bertz CT molecular complexity index is 430. The molecule has 1 aromatic rings. The van der Waals surface area contributed by atoms with Crippen LogP contribution in [0.15, 0.2) is 59.7 Å². The SMILES string of the molecule is CC=C(C)C=C(C=C(C)CC)c1ccccc1. The molecule has 0 saturated carbocycles. The third-order valence-electron chi connectivity index (χ3n) is 2.91. The number of rotatable bonds is 4. The smallest absolute Gasteiger partial charge is 0.0182 e. The van der Waals surface area contributed by atoms with Gasteiger partial charge < -0.3 is 0 Å². The van der Waals surface area contributed by atoms with Crippen molar-refractivity contribution in [2.45, 2.75) is 34.1 Å². The van der Waals surface area contributed by atoms with Crippen molar-refractivity contribution in [3.63, 3.8) is 0 Å². The van der Waals surface area contributed by atoms with Crippen LogP contribution in [0, 0.1) is 0 Å². The fourth-order valence-electron chi connectivity index (χ4n) is 1.54. The Morgan fingerprint density at radius 1 is 1.06 bits per heavy atom. The van der Waals surface area contributed by atoms with E-state index in [2.05, 4.69) is 76.3 Å².